The first-order valence-electron chi connectivity index (χ1n) is 6.91. The van der Waals surface area contributed by atoms with Crippen LogP contribution in [0.25, 0.3) is 0 Å². The smallest absolute Gasteiger partial charge is 0.321 e. The van der Waals surface area contributed by atoms with Crippen LogP contribution in [0, 0.1) is 11.8 Å². The van der Waals surface area contributed by atoms with Crippen LogP contribution in [0.2, 0.25) is 0 Å². The van der Waals surface area contributed by atoms with E-state index in [4.69, 9.17) is 0 Å². The molecule has 0 aromatic heterocycles. The number of halogens is 3. The van der Waals surface area contributed by atoms with Gasteiger partial charge in [-0.3, -0.25) is 19.7 Å². The van der Waals surface area contributed by atoms with E-state index in [1.54, 1.807) is 0 Å². The van der Waals surface area contributed by atoms with Crippen LogP contribution >= 0.6 is 0 Å². The molecule has 5 nitrogen and oxygen atoms in total. The van der Waals surface area contributed by atoms with Crippen LogP contribution in [0.1, 0.15) is 32.6 Å². The van der Waals surface area contributed by atoms with Crippen molar-refractivity contribution < 1.29 is 27.6 Å². The number of hydrogen-bond donors (Lipinski definition) is 1. The van der Waals surface area contributed by atoms with Gasteiger partial charge in [0.25, 0.3) is 0 Å². The molecule has 3 unspecified atom stereocenters. The van der Waals surface area contributed by atoms with Gasteiger partial charge in [-0.15, -0.1) is 0 Å². The molecule has 0 bridgehead atoms. The molecule has 1 N–H and O–H groups in total. The molecule has 1 aliphatic heterocycles. The van der Waals surface area contributed by atoms with Gasteiger partial charge in [0.15, 0.2) is 0 Å². The van der Waals surface area contributed by atoms with Crippen LogP contribution in [-0.4, -0.2) is 41.4 Å². The standard InChI is InChI=1S/C13H17F3N2O3/c1-7-11(20)17-10(19)6-18(7)12(21)8-3-2-4-9(5-8)13(14,15)16/h7-9H,2-6H2,1H3,(H,17,19,20). The summed E-state index contributed by atoms with van der Waals surface area (Å²) < 4.78 is 38.3. The van der Waals surface area contributed by atoms with Crippen LogP contribution in [0.5, 0.6) is 0 Å². The Balaban J connectivity index is 2.08. The summed E-state index contributed by atoms with van der Waals surface area (Å²) in [7, 11) is 0. The zero-order valence-corrected chi connectivity index (χ0v) is 11.6. The van der Waals surface area contributed by atoms with E-state index in [1.165, 1.54) is 6.92 Å². The second-order valence-electron chi connectivity index (χ2n) is 5.66. The molecule has 2 fully saturated rings. The molecule has 0 aromatic carbocycles. The number of amides is 3. The molecule has 8 heteroatoms. The average Bonchev–Trinajstić information content (AvgIpc) is 2.41. The number of nitrogens with one attached hydrogen (secondary N) is 1. The molecule has 118 valence electrons. The topological polar surface area (TPSA) is 66.5 Å². The van der Waals surface area contributed by atoms with Crippen LogP contribution in [0.4, 0.5) is 13.2 Å². The Kier molecular flexibility index (Phi) is 4.25. The number of alkyl halides is 3. The summed E-state index contributed by atoms with van der Waals surface area (Å²) in [4.78, 5) is 36.3. The third kappa shape index (κ3) is 3.36. The second-order valence-corrected chi connectivity index (χ2v) is 5.66. The Morgan fingerprint density at radius 2 is 1.95 bits per heavy atom. The van der Waals surface area contributed by atoms with Crippen molar-refractivity contribution in [2.24, 2.45) is 11.8 Å². The summed E-state index contributed by atoms with van der Waals surface area (Å²) in [5.41, 5.74) is 0. The summed E-state index contributed by atoms with van der Waals surface area (Å²) in [6.07, 6.45) is -3.85. The molecule has 0 aromatic rings. The van der Waals surface area contributed by atoms with Gasteiger partial charge in [0, 0.05) is 5.92 Å². The predicted molar refractivity (Wildman–Crippen MR) is 65.8 cm³/mol. The summed E-state index contributed by atoms with van der Waals surface area (Å²) >= 11 is 0. The van der Waals surface area contributed by atoms with E-state index in [1.807, 2.05) is 0 Å². The van der Waals surface area contributed by atoms with Crippen molar-refractivity contribution in [3.05, 3.63) is 0 Å². The van der Waals surface area contributed by atoms with Crippen molar-refractivity contribution in [1.82, 2.24) is 10.2 Å². The Hall–Kier alpha value is -1.60. The van der Waals surface area contributed by atoms with Crippen LogP contribution < -0.4 is 5.32 Å². The highest BCUT2D eigenvalue weighted by Gasteiger charge is 2.45. The Labute approximate surface area is 119 Å². The van der Waals surface area contributed by atoms with Crippen molar-refractivity contribution >= 4 is 17.7 Å². The fraction of sp³-hybridized carbons (Fsp3) is 0.769. The van der Waals surface area contributed by atoms with Crippen molar-refractivity contribution in [1.29, 1.82) is 0 Å². The van der Waals surface area contributed by atoms with Gasteiger partial charge in [0.2, 0.25) is 17.7 Å². The number of imide groups is 1. The van der Waals surface area contributed by atoms with E-state index in [0.29, 0.717) is 12.8 Å². The lowest BCUT2D eigenvalue weighted by Gasteiger charge is -2.37. The third-order valence-corrected chi connectivity index (χ3v) is 4.19. The minimum Gasteiger partial charge on any atom is -0.321 e. The summed E-state index contributed by atoms with van der Waals surface area (Å²) in [6, 6.07) is -0.832. The van der Waals surface area contributed by atoms with Gasteiger partial charge in [0.05, 0.1) is 5.92 Å². The van der Waals surface area contributed by atoms with Crippen molar-refractivity contribution in [2.45, 2.75) is 44.8 Å². The number of hydrogen-bond acceptors (Lipinski definition) is 3. The largest absolute Gasteiger partial charge is 0.391 e. The number of rotatable bonds is 1. The lowest BCUT2D eigenvalue weighted by Crippen LogP contribution is -2.60. The molecule has 1 saturated carbocycles. The molecule has 0 spiro atoms. The molecule has 2 aliphatic rings. The van der Waals surface area contributed by atoms with Crippen LogP contribution in [0.3, 0.4) is 0 Å². The maximum absolute atomic E-state index is 12.8. The summed E-state index contributed by atoms with van der Waals surface area (Å²) in [5, 5.41) is 2.10. The normalized spacial score (nSPS) is 31.0. The zero-order chi connectivity index (χ0) is 15.8. The highest BCUT2D eigenvalue weighted by atomic mass is 19.4. The summed E-state index contributed by atoms with van der Waals surface area (Å²) in [5.74, 6) is -3.98. The first-order valence-corrected chi connectivity index (χ1v) is 6.91. The monoisotopic (exact) mass is 306 g/mol. The van der Waals surface area contributed by atoms with Crippen molar-refractivity contribution in [2.75, 3.05) is 6.54 Å². The average molecular weight is 306 g/mol. The van der Waals surface area contributed by atoms with Crippen molar-refractivity contribution in [3.63, 3.8) is 0 Å². The van der Waals surface area contributed by atoms with Gasteiger partial charge in [-0.2, -0.15) is 13.2 Å². The number of carbonyl (C=O) groups excluding carboxylic acids is 3. The molecule has 1 saturated heterocycles. The Bertz CT molecular complexity index is 464. The first-order chi connectivity index (χ1) is 9.70. The van der Waals surface area contributed by atoms with E-state index in [-0.39, 0.29) is 19.4 Å². The highest BCUT2D eigenvalue weighted by Crippen LogP contribution is 2.40. The van der Waals surface area contributed by atoms with Gasteiger partial charge in [-0.05, 0) is 26.2 Å². The van der Waals surface area contributed by atoms with E-state index < -0.39 is 41.8 Å². The molecule has 21 heavy (non-hydrogen) atoms. The molecule has 3 atom stereocenters. The third-order valence-electron chi connectivity index (χ3n) is 4.19. The maximum Gasteiger partial charge on any atom is 0.391 e. The predicted octanol–water partition coefficient (Wildman–Crippen LogP) is 1.23. The minimum absolute atomic E-state index is 0.0300. The van der Waals surface area contributed by atoms with E-state index in [0.717, 1.165) is 4.90 Å². The van der Waals surface area contributed by atoms with Crippen LogP contribution in [0.15, 0.2) is 0 Å². The van der Waals surface area contributed by atoms with E-state index in [9.17, 15) is 27.6 Å². The SMILES string of the molecule is CC1C(=O)NC(=O)CN1C(=O)C1CCCC(C(F)(F)F)C1. The summed E-state index contributed by atoms with van der Waals surface area (Å²) in [6.45, 7) is 1.18. The van der Waals surface area contributed by atoms with Gasteiger partial charge < -0.3 is 4.90 Å². The molecule has 3 amide bonds. The molecule has 0 radical (unpaired) electrons. The molecular formula is C13H17F3N2O3. The molecule has 2 rings (SSSR count). The Morgan fingerprint density at radius 1 is 1.29 bits per heavy atom. The van der Waals surface area contributed by atoms with Gasteiger partial charge >= 0.3 is 6.18 Å². The first kappa shape index (κ1) is 15.8. The van der Waals surface area contributed by atoms with Crippen molar-refractivity contribution in [3.8, 4) is 0 Å². The van der Waals surface area contributed by atoms with Gasteiger partial charge in [-0.25, -0.2) is 0 Å². The lowest BCUT2D eigenvalue weighted by atomic mass is 9.80. The lowest BCUT2D eigenvalue weighted by molar-refractivity contribution is -0.188. The molecule has 1 heterocycles. The minimum atomic E-state index is -4.31. The fourth-order valence-corrected chi connectivity index (χ4v) is 2.93. The van der Waals surface area contributed by atoms with Gasteiger partial charge in [-0.1, -0.05) is 6.42 Å². The number of piperazine rings is 1. The fourth-order valence-electron chi connectivity index (χ4n) is 2.93. The molecular weight excluding hydrogens is 289 g/mol. The quantitative estimate of drug-likeness (QED) is 0.741. The number of carbonyl (C=O) groups is 3. The van der Waals surface area contributed by atoms with Crippen LogP contribution in [-0.2, 0) is 14.4 Å². The number of nitrogens with zero attached hydrogens (tertiary/aromatic N) is 1. The maximum atomic E-state index is 12.8. The Morgan fingerprint density at radius 3 is 2.57 bits per heavy atom. The molecule has 1 aliphatic carbocycles. The second kappa shape index (κ2) is 5.65. The van der Waals surface area contributed by atoms with E-state index in [2.05, 4.69) is 5.32 Å². The van der Waals surface area contributed by atoms with Gasteiger partial charge in [0.1, 0.15) is 12.6 Å². The zero-order valence-electron chi connectivity index (χ0n) is 11.6. The van der Waals surface area contributed by atoms with E-state index >= 15 is 0 Å². The highest BCUT2D eigenvalue weighted by molar-refractivity contribution is 6.04.